The van der Waals surface area contributed by atoms with Gasteiger partial charge in [0.25, 0.3) is 0 Å². The fraction of sp³-hybridized carbons (Fsp3) is 0.750. The van der Waals surface area contributed by atoms with E-state index in [1.54, 1.807) is 12.1 Å². The average Bonchev–Trinajstić information content (AvgIpc) is 3.10. The van der Waals surface area contributed by atoms with E-state index in [-0.39, 0.29) is 17.8 Å². The van der Waals surface area contributed by atoms with Crippen LogP contribution in [0, 0.1) is 23.7 Å². The summed E-state index contributed by atoms with van der Waals surface area (Å²) in [6, 6.07) is 3.27. The van der Waals surface area contributed by atoms with E-state index in [4.69, 9.17) is 38.2 Å². The van der Waals surface area contributed by atoms with E-state index in [1.807, 2.05) is 27.7 Å². The Morgan fingerprint density at radius 3 is 2.27 bits per heavy atom. The van der Waals surface area contributed by atoms with Crippen molar-refractivity contribution in [2.75, 3.05) is 19.8 Å². The zero-order valence-corrected chi connectivity index (χ0v) is 22.7. The van der Waals surface area contributed by atoms with Gasteiger partial charge in [0.15, 0.2) is 23.4 Å². The van der Waals surface area contributed by atoms with Gasteiger partial charge in [0.1, 0.15) is 0 Å². The molecular formula is C28H40O9. The maximum absolute atomic E-state index is 13.5. The average molecular weight is 521 g/mol. The molecule has 1 aromatic rings. The highest BCUT2D eigenvalue weighted by Crippen LogP contribution is 2.60. The molecule has 5 fully saturated rings. The van der Waals surface area contributed by atoms with Crippen molar-refractivity contribution in [1.29, 1.82) is 0 Å². The normalized spacial score (nSPS) is 38.3. The minimum absolute atomic E-state index is 0.0613. The van der Waals surface area contributed by atoms with Crippen molar-refractivity contribution in [3.8, 4) is 17.2 Å². The molecule has 6 rings (SSSR count). The Morgan fingerprint density at radius 1 is 0.946 bits per heavy atom. The number of ether oxygens (including phenoxy) is 6. The van der Waals surface area contributed by atoms with Crippen LogP contribution in [-0.2, 0) is 24.0 Å². The number of hydrogen-bond donors (Lipinski definition) is 0. The van der Waals surface area contributed by atoms with Gasteiger partial charge in [0.05, 0.1) is 25.4 Å². The van der Waals surface area contributed by atoms with E-state index in [0.29, 0.717) is 48.6 Å². The maximum Gasteiger partial charge on any atom is 0.340 e. The van der Waals surface area contributed by atoms with Gasteiger partial charge in [-0.25, -0.2) is 14.6 Å². The molecule has 5 aliphatic rings. The molecule has 1 saturated carbocycles. The van der Waals surface area contributed by atoms with Crippen LogP contribution in [-0.4, -0.2) is 49.8 Å². The molecule has 0 radical (unpaired) electrons. The molecule has 37 heavy (non-hydrogen) atoms. The predicted molar refractivity (Wildman–Crippen MR) is 132 cm³/mol. The van der Waals surface area contributed by atoms with Gasteiger partial charge in [-0.15, -0.1) is 0 Å². The van der Waals surface area contributed by atoms with Gasteiger partial charge in [-0.2, -0.15) is 0 Å². The molecule has 0 N–H and O–H groups in total. The number of carbonyl (C=O) groups excluding carboxylic acids is 1. The molecule has 4 saturated heterocycles. The lowest BCUT2D eigenvalue weighted by Crippen LogP contribution is -2.70. The summed E-state index contributed by atoms with van der Waals surface area (Å²) in [6.07, 6.45) is 2.18. The second-order valence-corrected chi connectivity index (χ2v) is 10.8. The minimum atomic E-state index is -0.888. The number of benzene rings is 1. The van der Waals surface area contributed by atoms with Crippen molar-refractivity contribution in [2.45, 2.75) is 91.2 Å². The monoisotopic (exact) mass is 520 g/mol. The number of hydrogen-bond acceptors (Lipinski definition) is 9. The highest BCUT2D eigenvalue weighted by molar-refractivity contribution is 5.91. The first-order valence-corrected chi connectivity index (χ1v) is 13.7. The van der Waals surface area contributed by atoms with Crippen LogP contribution in [0.2, 0.25) is 0 Å². The van der Waals surface area contributed by atoms with Crippen molar-refractivity contribution in [2.24, 2.45) is 23.7 Å². The predicted octanol–water partition coefficient (Wildman–Crippen LogP) is 5.25. The lowest BCUT2D eigenvalue weighted by molar-refractivity contribution is -0.576. The Balaban J connectivity index is 1.43. The van der Waals surface area contributed by atoms with E-state index in [1.165, 1.54) is 0 Å². The van der Waals surface area contributed by atoms with Crippen molar-refractivity contribution in [3.63, 3.8) is 0 Å². The van der Waals surface area contributed by atoms with Crippen LogP contribution < -0.4 is 14.2 Å². The van der Waals surface area contributed by atoms with Crippen LogP contribution in [0.15, 0.2) is 12.1 Å². The van der Waals surface area contributed by atoms with Crippen LogP contribution >= 0.6 is 0 Å². The van der Waals surface area contributed by atoms with Crippen molar-refractivity contribution in [1.82, 2.24) is 0 Å². The molecule has 0 aromatic heterocycles. The summed E-state index contributed by atoms with van der Waals surface area (Å²) < 4.78 is 36.1. The van der Waals surface area contributed by atoms with Crippen LogP contribution in [0.3, 0.4) is 0 Å². The van der Waals surface area contributed by atoms with Crippen LogP contribution in [0.5, 0.6) is 17.2 Å². The van der Waals surface area contributed by atoms with Crippen molar-refractivity contribution < 1.29 is 43.0 Å². The van der Waals surface area contributed by atoms with Crippen LogP contribution in [0.25, 0.3) is 0 Å². The molecule has 1 spiro atoms. The third-order valence-corrected chi connectivity index (χ3v) is 8.47. The summed E-state index contributed by atoms with van der Waals surface area (Å²) in [4.78, 5) is 25.5. The summed E-state index contributed by atoms with van der Waals surface area (Å²) >= 11 is 0. The molecule has 2 bridgehead atoms. The molecular weight excluding hydrogens is 480 g/mol. The largest absolute Gasteiger partial charge is 0.490 e. The quantitative estimate of drug-likeness (QED) is 0.337. The summed E-state index contributed by atoms with van der Waals surface area (Å²) in [7, 11) is 0. The lowest BCUT2D eigenvalue weighted by Gasteiger charge is -2.59. The molecule has 0 unspecified atom stereocenters. The standard InChI is InChI=1S/C28H40O9/c1-7-30-21-14-18(15-22(31-8-2)23(21)32-9-3)24(29)33-25-17(5)20-11-10-16(4)19-12-13-27(6)35-26(34-25)28(19,20)37-36-27/h14-17,19-20,25-26H,7-13H2,1-6H3/t16-,17-,19-,20+,25-,26-,27-,28-/m1/s1. The Kier molecular flexibility index (Phi) is 7.35. The molecule has 0 amide bonds. The SMILES string of the molecule is CCOc1cc(C(=O)O[C@@H]2O[C@@H]3O[C@@]4(C)CC[C@@H]5[C@H](C)CC[C@@H]([C@H]2C)[C@@]35OO4)cc(OCC)c1OCC. The second-order valence-electron chi connectivity index (χ2n) is 10.8. The van der Waals surface area contributed by atoms with Crippen molar-refractivity contribution in [3.05, 3.63) is 17.7 Å². The zero-order valence-electron chi connectivity index (χ0n) is 22.7. The van der Waals surface area contributed by atoms with Gasteiger partial charge in [-0.05, 0) is 70.9 Å². The zero-order chi connectivity index (χ0) is 26.4. The highest BCUT2D eigenvalue weighted by atomic mass is 17.3. The van der Waals surface area contributed by atoms with Gasteiger partial charge < -0.3 is 28.4 Å². The molecule has 1 aromatic carbocycles. The molecule has 206 valence electrons. The highest BCUT2D eigenvalue weighted by Gasteiger charge is 2.69. The van der Waals surface area contributed by atoms with E-state index in [2.05, 4.69) is 13.8 Å². The van der Waals surface area contributed by atoms with Crippen LogP contribution in [0.1, 0.15) is 77.6 Å². The lowest BCUT2D eigenvalue weighted by atomic mass is 9.58. The number of carbonyl (C=O) groups is 1. The fourth-order valence-electron chi connectivity index (χ4n) is 6.69. The molecule has 4 heterocycles. The molecule has 8 atom stereocenters. The summed E-state index contributed by atoms with van der Waals surface area (Å²) in [5.74, 6) is 0.573. The second kappa shape index (κ2) is 10.2. The summed E-state index contributed by atoms with van der Waals surface area (Å²) in [5.41, 5.74) is -0.407. The first-order chi connectivity index (χ1) is 17.8. The third kappa shape index (κ3) is 4.47. The first-order valence-electron chi connectivity index (χ1n) is 13.7. The fourth-order valence-corrected chi connectivity index (χ4v) is 6.69. The van der Waals surface area contributed by atoms with E-state index in [0.717, 1.165) is 25.7 Å². The van der Waals surface area contributed by atoms with Crippen LogP contribution in [0.4, 0.5) is 0 Å². The summed E-state index contributed by atoms with van der Waals surface area (Å²) in [5, 5.41) is 0. The third-order valence-electron chi connectivity index (χ3n) is 8.47. The molecule has 4 aliphatic heterocycles. The Hall–Kier alpha value is -2.07. The number of esters is 1. The maximum atomic E-state index is 13.5. The Bertz CT molecular complexity index is 971. The van der Waals surface area contributed by atoms with E-state index in [9.17, 15) is 4.79 Å². The number of fused-ring (bicyclic) bond motifs is 2. The minimum Gasteiger partial charge on any atom is -0.490 e. The van der Waals surface area contributed by atoms with Gasteiger partial charge in [0.2, 0.25) is 17.8 Å². The topological polar surface area (TPSA) is 90.9 Å². The van der Waals surface area contributed by atoms with E-state index < -0.39 is 29.9 Å². The smallest absolute Gasteiger partial charge is 0.340 e. The molecule has 9 heteroatoms. The van der Waals surface area contributed by atoms with E-state index >= 15 is 0 Å². The van der Waals surface area contributed by atoms with Gasteiger partial charge in [-0.3, -0.25) is 0 Å². The van der Waals surface area contributed by atoms with Crippen molar-refractivity contribution >= 4 is 5.97 Å². The summed E-state index contributed by atoms with van der Waals surface area (Å²) in [6.45, 7) is 13.1. The van der Waals surface area contributed by atoms with Gasteiger partial charge in [-0.1, -0.05) is 13.8 Å². The molecule has 9 nitrogen and oxygen atoms in total. The Labute approximate surface area is 218 Å². The van der Waals surface area contributed by atoms with Gasteiger partial charge >= 0.3 is 5.97 Å². The van der Waals surface area contributed by atoms with Gasteiger partial charge in [0, 0.05) is 18.3 Å². The first kappa shape index (κ1) is 26.5. The number of rotatable bonds is 8. The Morgan fingerprint density at radius 2 is 1.62 bits per heavy atom. The molecule has 1 aliphatic carbocycles.